The molecule has 0 aromatic heterocycles. The zero-order valence-corrected chi connectivity index (χ0v) is 20.6. The van der Waals surface area contributed by atoms with E-state index >= 15 is 0 Å². The van der Waals surface area contributed by atoms with Crippen LogP contribution in [0.25, 0.3) is 0 Å². The summed E-state index contributed by atoms with van der Waals surface area (Å²) in [6, 6.07) is 12.2. The summed E-state index contributed by atoms with van der Waals surface area (Å²) < 4.78 is 43.0. The third kappa shape index (κ3) is 9.43. The van der Waals surface area contributed by atoms with Crippen LogP contribution in [0.3, 0.4) is 0 Å². The van der Waals surface area contributed by atoms with Gasteiger partial charge < -0.3 is 19.9 Å². The molecule has 0 bridgehead atoms. The number of likely N-dealkylation sites (N-methyl/N-ethyl adjacent to an activating group) is 1. The second-order valence-electron chi connectivity index (χ2n) is 8.60. The SMILES string of the molecule is CNCCN1CCC(C)CC1.N=C(OC(=N)C(F)F)c1ccc(CN(C=O)c2ccccc2)c(F)c1. The van der Waals surface area contributed by atoms with Gasteiger partial charge in [-0.3, -0.25) is 15.6 Å². The second kappa shape index (κ2) is 15.0. The van der Waals surface area contributed by atoms with Crippen LogP contribution in [0.5, 0.6) is 0 Å². The minimum absolute atomic E-state index is 0.0410. The maximum absolute atomic E-state index is 14.2. The summed E-state index contributed by atoms with van der Waals surface area (Å²) in [6.45, 7) is 7.29. The van der Waals surface area contributed by atoms with E-state index in [9.17, 15) is 18.0 Å². The van der Waals surface area contributed by atoms with Gasteiger partial charge >= 0.3 is 6.43 Å². The second-order valence-corrected chi connectivity index (χ2v) is 8.60. The molecule has 2 aromatic carbocycles. The fourth-order valence-electron chi connectivity index (χ4n) is 3.58. The first kappa shape index (κ1) is 29.0. The smallest absolute Gasteiger partial charge is 0.312 e. The predicted octanol–water partition coefficient (Wildman–Crippen LogP) is 4.51. The van der Waals surface area contributed by atoms with Gasteiger partial charge in [0.05, 0.1) is 6.54 Å². The molecule has 1 amide bonds. The minimum Gasteiger partial charge on any atom is -0.419 e. The Labute approximate surface area is 210 Å². The highest BCUT2D eigenvalue weighted by Crippen LogP contribution is 2.19. The van der Waals surface area contributed by atoms with Crippen molar-refractivity contribution in [1.29, 1.82) is 10.8 Å². The molecule has 3 N–H and O–H groups in total. The van der Waals surface area contributed by atoms with Crippen molar-refractivity contribution in [3.8, 4) is 0 Å². The van der Waals surface area contributed by atoms with Crippen LogP contribution in [0.1, 0.15) is 30.9 Å². The first-order valence-corrected chi connectivity index (χ1v) is 11.8. The number of carbonyl (C=O) groups excluding carboxylic acids is 1. The lowest BCUT2D eigenvalue weighted by Gasteiger charge is -2.29. The van der Waals surface area contributed by atoms with E-state index in [1.165, 1.54) is 49.5 Å². The Morgan fingerprint density at radius 1 is 1.19 bits per heavy atom. The van der Waals surface area contributed by atoms with E-state index in [2.05, 4.69) is 21.9 Å². The number of amides is 1. The van der Waals surface area contributed by atoms with E-state index in [0.29, 0.717) is 12.1 Å². The third-order valence-corrected chi connectivity index (χ3v) is 5.84. The van der Waals surface area contributed by atoms with E-state index in [4.69, 9.17) is 10.8 Å². The number of halogens is 3. The molecule has 36 heavy (non-hydrogen) atoms. The van der Waals surface area contributed by atoms with Gasteiger partial charge in [-0.15, -0.1) is 0 Å². The summed E-state index contributed by atoms with van der Waals surface area (Å²) in [5, 5.41) is 17.6. The van der Waals surface area contributed by atoms with Crippen LogP contribution in [0.2, 0.25) is 0 Å². The zero-order chi connectivity index (χ0) is 26.5. The van der Waals surface area contributed by atoms with Gasteiger partial charge in [-0.05, 0) is 63.2 Å². The summed E-state index contributed by atoms with van der Waals surface area (Å²) in [5.41, 5.74) is 0.669. The highest BCUT2D eigenvalue weighted by atomic mass is 19.3. The van der Waals surface area contributed by atoms with Crippen molar-refractivity contribution in [2.45, 2.75) is 32.7 Å². The molecule has 0 aliphatic carbocycles. The predicted molar refractivity (Wildman–Crippen MR) is 135 cm³/mol. The maximum Gasteiger partial charge on any atom is 0.312 e. The minimum atomic E-state index is -3.16. The Hall–Kier alpha value is -3.24. The Kier molecular flexibility index (Phi) is 12.1. The molecular weight excluding hydrogens is 471 g/mol. The quantitative estimate of drug-likeness (QED) is 0.266. The number of anilines is 1. The average Bonchev–Trinajstić information content (AvgIpc) is 2.88. The number of nitrogens with zero attached hydrogens (tertiary/aromatic N) is 2. The molecule has 2 aromatic rings. The number of nitrogens with one attached hydrogen (secondary N) is 3. The summed E-state index contributed by atoms with van der Waals surface area (Å²) in [5.74, 6) is -1.91. The molecule has 0 saturated carbocycles. The molecule has 0 radical (unpaired) electrons. The van der Waals surface area contributed by atoms with Gasteiger partial charge in [0.25, 0.3) is 5.90 Å². The number of hydrogen-bond donors (Lipinski definition) is 3. The lowest BCUT2D eigenvalue weighted by atomic mass is 9.99. The number of piperidine rings is 1. The lowest BCUT2D eigenvalue weighted by Crippen LogP contribution is -2.37. The molecule has 0 atom stereocenters. The molecule has 3 rings (SSSR count). The van der Waals surface area contributed by atoms with Gasteiger partial charge in [0, 0.05) is 29.9 Å². The number of rotatable bonds is 9. The highest BCUT2D eigenvalue weighted by Gasteiger charge is 2.18. The van der Waals surface area contributed by atoms with Crippen LogP contribution in [0, 0.1) is 22.6 Å². The summed E-state index contributed by atoms with van der Waals surface area (Å²) in [4.78, 5) is 15.1. The van der Waals surface area contributed by atoms with Crippen molar-refractivity contribution in [1.82, 2.24) is 10.2 Å². The molecule has 1 heterocycles. The molecule has 1 aliphatic rings. The van der Waals surface area contributed by atoms with Crippen LogP contribution in [-0.4, -0.2) is 62.8 Å². The first-order chi connectivity index (χ1) is 17.2. The third-order valence-electron chi connectivity index (χ3n) is 5.84. The topological polar surface area (TPSA) is 92.5 Å². The van der Waals surface area contributed by atoms with Crippen LogP contribution in [0.4, 0.5) is 18.9 Å². The number of carbonyl (C=O) groups is 1. The Balaban J connectivity index is 0.000000346. The van der Waals surface area contributed by atoms with Crippen LogP contribution in [0.15, 0.2) is 48.5 Å². The Morgan fingerprint density at radius 2 is 1.86 bits per heavy atom. The van der Waals surface area contributed by atoms with Gasteiger partial charge in [0.15, 0.2) is 0 Å². The number of likely N-dealkylation sites (tertiary alicyclic amines) is 1. The first-order valence-electron chi connectivity index (χ1n) is 11.8. The van der Waals surface area contributed by atoms with Gasteiger partial charge in [0.1, 0.15) is 5.82 Å². The molecule has 0 unspecified atom stereocenters. The van der Waals surface area contributed by atoms with Gasteiger partial charge in [0.2, 0.25) is 12.3 Å². The molecule has 10 heteroatoms. The van der Waals surface area contributed by atoms with Gasteiger partial charge in [-0.1, -0.05) is 31.2 Å². The van der Waals surface area contributed by atoms with E-state index < -0.39 is 24.0 Å². The van der Waals surface area contributed by atoms with Crippen molar-refractivity contribution in [2.75, 3.05) is 38.1 Å². The molecule has 7 nitrogen and oxygen atoms in total. The summed E-state index contributed by atoms with van der Waals surface area (Å²) in [7, 11) is 2.02. The Bertz CT molecular complexity index is 980. The number of ether oxygens (including phenoxy) is 1. The van der Waals surface area contributed by atoms with Gasteiger partial charge in [-0.2, -0.15) is 8.78 Å². The van der Waals surface area contributed by atoms with Crippen molar-refractivity contribution in [2.24, 2.45) is 5.92 Å². The number of para-hydroxylation sites is 1. The molecule has 1 aliphatic heterocycles. The number of benzene rings is 2. The largest absolute Gasteiger partial charge is 0.419 e. The van der Waals surface area contributed by atoms with Crippen molar-refractivity contribution < 1.29 is 22.7 Å². The molecule has 1 saturated heterocycles. The van der Waals surface area contributed by atoms with Crippen LogP contribution < -0.4 is 10.2 Å². The lowest BCUT2D eigenvalue weighted by molar-refractivity contribution is -0.107. The fourth-order valence-corrected chi connectivity index (χ4v) is 3.58. The van der Waals surface area contributed by atoms with E-state index in [-0.39, 0.29) is 17.7 Å². The molecular formula is C26H34F3N5O2. The standard InChI is InChI=1S/C17H14F3N3O2.C9H20N2/c18-14-8-11(16(21)25-17(22)15(19)20)6-7-12(14)9-23(10-24)13-4-2-1-3-5-13;1-9-3-6-11(7-4-9)8-5-10-2/h1-8,10,15,21-22H,9H2;9-10H,3-8H2,1-2H3. The van der Waals surface area contributed by atoms with Crippen LogP contribution in [-0.2, 0) is 16.1 Å². The molecule has 1 fully saturated rings. The Morgan fingerprint density at radius 3 is 2.42 bits per heavy atom. The van der Waals surface area contributed by atoms with Crippen molar-refractivity contribution in [3.63, 3.8) is 0 Å². The molecule has 196 valence electrons. The van der Waals surface area contributed by atoms with Gasteiger partial charge in [-0.25, -0.2) is 4.39 Å². The van der Waals surface area contributed by atoms with Crippen molar-refractivity contribution >= 4 is 23.9 Å². The maximum atomic E-state index is 14.2. The summed E-state index contributed by atoms with van der Waals surface area (Å²) >= 11 is 0. The normalized spacial score (nSPS) is 14.1. The zero-order valence-electron chi connectivity index (χ0n) is 20.6. The van der Waals surface area contributed by atoms with E-state index in [0.717, 1.165) is 18.5 Å². The number of hydrogen-bond acceptors (Lipinski definition) is 6. The highest BCUT2D eigenvalue weighted by molar-refractivity contribution is 5.99. The number of alkyl halides is 2. The average molecular weight is 506 g/mol. The fraction of sp³-hybridized carbons (Fsp3) is 0.423. The van der Waals surface area contributed by atoms with Crippen molar-refractivity contribution in [3.05, 3.63) is 65.5 Å². The molecule has 0 spiro atoms. The van der Waals surface area contributed by atoms with E-state index in [1.54, 1.807) is 30.3 Å². The van der Waals surface area contributed by atoms with Crippen LogP contribution >= 0.6 is 0 Å². The monoisotopic (exact) mass is 505 g/mol. The summed E-state index contributed by atoms with van der Waals surface area (Å²) in [6.07, 6.45) is 0.196. The van der Waals surface area contributed by atoms with E-state index in [1.807, 2.05) is 7.05 Å².